The summed E-state index contributed by atoms with van der Waals surface area (Å²) in [5, 5.41) is 0. The number of nitrogens with two attached hydrogens (primary N) is 1. The Bertz CT molecular complexity index is 397. The highest BCUT2D eigenvalue weighted by atomic mass is 19.1. The van der Waals surface area contributed by atoms with E-state index < -0.39 is 5.54 Å². The maximum Gasteiger partial charge on any atom is 0.126 e. The predicted octanol–water partition coefficient (Wildman–Crippen LogP) is 2.87. The number of ether oxygens (including phenoxy) is 1. The minimum Gasteiger partial charge on any atom is -0.496 e. The zero-order valence-corrected chi connectivity index (χ0v) is 9.85. The van der Waals surface area contributed by atoms with Gasteiger partial charge in [0.05, 0.1) is 7.11 Å². The molecule has 88 valence electrons. The van der Waals surface area contributed by atoms with Gasteiger partial charge in [-0.1, -0.05) is 12.8 Å². The molecule has 0 radical (unpaired) electrons. The Morgan fingerprint density at radius 3 is 2.50 bits per heavy atom. The van der Waals surface area contributed by atoms with Crippen molar-refractivity contribution < 1.29 is 9.13 Å². The van der Waals surface area contributed by atoms with Gasteiger partial charge in [0.1, 0.15) is 11.6 Å². The van der Waals surface area contributed by atoms with Crippen LogP contribution in [0.4, 0.5) is 4.39 Å². The molecule has 2 N–H and O–H groups in total. The molecule has 1 aliphatic carbocycles. The Hall–Kier alpha value is -1.09. The molecule has 0 bridgehead atoms. The molecule has 1 saturated carbocycles. The molecule has 0 saturated heterocycles. The minimum atomic E-state index is -0.405. The molecule has 1 fully saturated rings. The van der Waals surface area contributed by atoms with Gasteiger partial charge in [0, 0.05) is 11.1 Å². The molecule has 0 aliphatic heterocycles. The third-order valence-corrected chi connectivity index (χ3v) is 3.57. The molecule has 1 aliphatic rings. The fourth-order valence-corrected chi connectivity index (χ4v) is 2.71. The molecule has 0 heterocycles. The largest absolute Gasteiger partial charge is 0.496 e. The molecule has 0 aromatic heterocycles. The maximum atomic E-state index is 13.6. The third kappa shape index (κ3) is 1.69. The average Bonchev–Trinajstić information content (AvgIpc) is 2.69. The van der Waals surface area contributed by atoms with Crippen LogP contribution in [0.3, 0.4) is 0 Å². The van der Waals surface area contributed by atoms with E-state index in [0.717, 1.165) is 31.2 Å². The van der Waals surface area contributed by atoms with Gasteiger partial charge in [-0.15, -0.1) is 0 Å². The smallest absolute Gasteiger partial charge is 0.126 e. The Morgan fingerprint density at radius 1 is 1.31 bits per heavy atom. The van der Waals surface area contributed by atoms with Crippen molar-refractivity contribution in [3.05, 3.63) is 29.1 Å². The first-order valence-corrected chi connectivity index (χ1v) is 5.71. The zero-order valence-electron chi connectivity index (χ0n) is 9.85. The lowest BCUT2D eigenvalue weighted by Gasteiger charge is -2.28. The van der Waals surface area contributed by atoms with Crippen LogP contribution in [0.5, 0.6) is 5.75 Å². The molecular formula is C13H18FNO. The third-order valence-electron chi connectivity index (χ3n) is 3.57. The SMILES string of the molecule is COc1ccc(F)c(C)c1C1(N)CCCC1. The van der Waals surface area contributed by atoms with E-state index >= 15 is 0 Å². The van der Waals surface area contributed by atoms with Crippen molar-refractivity contribution in [2.45, 2.75) is 38.1 Å². The summed E-state index contributed by atoms with van der Waals surface area (Å²) in [4.78, 5) is 0. The molecule has 0 atom stereocenters. The Kier molecular flexibility index (Phi) is 2.89. The summed E-state index contributed by atoms with van der Waals surface area (Å²) in [6.07, 6.45) is 4.03. The van der Waals surface area contributed by atoms with Crippen LogP contribution in [0, 0.1) is 12.7 Å². The van der Waals surface area contributed by atoms with E-state index in [0.29, 0.717) is 11.3 Å². The molecule has 16 heavy (non-hydrogen) atoms. The van der Waals surface area contributed by atoms with E-state index in [9.17, 15) is 4.39 Å². The van der Waals surface area contributed by atoms with Gasteiger partial charge in [0.15, 0.2) is 0 Å². The summed E-state index contributed by atoms with van der Waals surface area (Å²) < 4.78 is 18.9. The normalized spacial score (nSPS) is 18.8. The minimum absolute atomic E-state index is 0.201. The van der Waals surface area contributed by atoms with Crippen molar-refractivity contribution >= 4 is 0 Å². The summed E-state index contributed by atoms with van der Waals surface area (Å²) in [6.45, 7) is 1.78. The van der Waals surface area contributed by atoms with Crippen molar-refractivity contribution in [3.8, 4) is 5.75 Å². The number of halogens is 1. The van der Waals surface area contributed by atoms with Crippen LogP contribution in [-0.4, -0.2) is 7.11 Å². The number of methoxy groups -OCH3 is 1. The summed E-state index contributed by atoms with van der Waals surface area (Å²) in [5.41, 5.74) is 7.46. The standard InChI is InChI=1S/C13H18FNO/c1-9-10(14)5-6-11(16-2)12(9)13(15)7-3-4-8-13/h5-6H,3-4,7-8,15H2,1-2H3. The average molecular weight is 223 g/mol. The van der Waals surface area contributed by atoms with Gasteiger partial charge in [-0.2, -0.15) is 0 Å². The van der Waals surface area contributed by atoms with E-state index in [1.54, 1.807) is 20.1 Å². The maximum absolute atomic E-state index is 13.6. The van der Waals surface area contributed by atoms with Crippen molar-refractivity contribution in [3.63, 3.8) is 0 Å². The van der Waals surface area contributed by atoms with Crippen LogP contribution in [-0.2, 0) is 5.54 Å². The van der Waals surface area contributed by atoms with Crippen LogP contribution in [0.1, 0.15) is 36.8 Å². The number of rotatable bonds is 2. The van der Waals surface area contributed by atoms with Gasteiger partial charge in [0.2, 0.25) is 0 Å². The van der Waals surface area contributed by atoms with Gasteiger partial charge in [-0.3, -0.25) is 0 Å². The lowest BCUT2D eigenvalue weighted by Crippen LogP contribution is -2.34. The van der Waals surface area contributed by atoms with Crippen LogP contribution >= 0.6 is 0 Å². The van der Waals surface area contributed by atoms with Crippen molar-refractivity contribution in [1.82, 2.24) is 0 Å². The fourth-order valence-electron chi connectivity index (χ4n) is 2.71. The molecule has 1 aromatic carbocycles. The second-order valence-electron chi connectivity index (χ2n) is 4.61. The van der Waals surface area contributed by atoms with E-state index in [4.69, 9.17) is 10.5 Å². The van der Waals surface area contributed by atoms with Gasteiger partial charge < -0.3 is 10.5 Å². The second-order valence-corrected chi connectivity index (χ2v) is 4.61. The quantitative estimate of drug-likeness (QED) is 0.836. The molecule has 0 unspecified atom stereocenters. The number of hydrogen-bond acceptors (Lipinski definition) is 2. The number of benzene rings is 1. The molecule has 2 nitrogen and oxygen atoms in total. The Morgan fingerprint density at radius 2 is 1.94 bits per heavy atom. The van der Waals surface area contributed by atoms with Gasteiger partial charge in [-0.05, 0) is 37.5 Å². The first-order chi connectivity index (χ1) is 7.58. The van der Waals surface area contributed by atoms with Crippen LogP contribution in [0.25, 0.3) is 0 Å². The highest BCUT2D eigenvalue weighted by Gasteiger charge is 2.35. The lowest BCUT2D eigenvalue weighted by atomic mass is 9.85. The summed E-state index contributed by atoms with van der Waals surface area (Å²) in [6, 6.07) is 3.11. The topological polar surface area (TPSA) is 35.2 Å². The number of hydrogen-bond donors (Lipinski definition) is 1. The molecule has 3 heteroatoms. The Balaban J connectivity index is 2.56. The van der Waals surface area contributed by atoms with Crippen molar-refractivity contribution in [1.29, 1.82) is 0 Å². The lowest BCUT2D eigenvalue weighted by molar-refractivity contribution is 0.375. The van der Waals surface area contributed by atoms with Gasteiger partial charge >= 0.3 is 0 Å². The first kappa shape index (κ1) is 11.4. The van der Waals surface area contributed by atoms with Crippen molar-refractivity contribution in [2.75, 3.05) is 7.11 Å². The van der Waals surface area contributed by atoms with Crippen LogP contribution < -0.4 is 10.5 Å². The Labute approximate surface area is 95.6 Å². The zero-order chi connectivity index (χ0) is 11.8. The molecule has 0 amide bonds. The summed E-state index contributed by atoms with van der Waals surface area (Å²) in [7, 11) is 1.61. The van der Waals surface area contributed by atoms with E-state index in [2.05, 4.69) is 0 Å². The molecule has 0 spiro atoms. The highest BCUT2D eigenvalue weighted by molar-refractivity contribution is 5.45. The fraction of sp³-hybridized carbons (Fsp3) is 0.538. The van der Waals surface area contributed by atoms with Crippen LogP contribution in [0.2, 0.25) is 0 Å². The van der Waals surface area contributed by atoms with Crippen molar-refractivity contribution in [2.24, 2.45) is 5.73 Å². The molecular weight excluding hydrogens is 205 g/mol. The second kappa shape index (κ2) is 4.06. The summed E-state index contributed by atoms with van der Waals surface area (Å²) in [5.74, 6) is 0.510. The van der Waals surface area contributed by atoms with E-state index in [-0.39, 0.29) is 5.82 Å². The first-order valence-electron chi connectivity index (χ1n) is 5.71. The van der Waals surface area contributed by atoms with E-state index in [1.165, 1.54) is 6.07 Å². The van der Waals surface area contributed by atoms with Gasteiger partial charge in [-0.25, -0.2) is 4.39 Å². The van der Waals surface area contributed by atoms with Crippen LogP contribution in [0.15, 0.2) is 12.1 Å². The molecule has 2 rings (SSSR count). The predicted molar refractivity (Wildman–Crippen MR) is 62.0 cm³/mol. The molecule has 1 aromatic rings. The van der Waals surface area contributed by atoms with Gasteiger partial charge in [0.25, 0.3) is 0 Å². The van der Waals surface area contributed by atoms with E-state index in [1.807, 2.05) is 0 Å². The highest BCUT2D eigenvalue weighted by Crippen LogP contribution is 2.42. The summed E-state index contributed by atoms with van der Waals surface area (Å²) >= 11 is 0. The monoisotopic (exact) mass is 223 g/mol.